The van der Waals surface area contributed by atoms with Gasteiger partial charge in [-0.25, -0.2) is 4.39 Å². The first-order chi connectivity index (χ1) is 17.5. The molecule has 6 nitrogen and oxygen atoms in total. The molecular weight excluding hydrogens is 519 g/mol. The van der Waals surface area contributed by atoms with Gasteiger partial charge in [0.15, 0.2) is 0 Å². The molecule has 37 heavy (non-hydrogen) atoms. The molecule has 1 fully saturated rings. The third-order valence-corrected chi connectivity index (χ3v) is 8.39. The highest BCUT2D eigenvalue weighted by Crippen LogP contribution is 2.46. The van der Waals surface area contributed by atoms with Crippen molar-refractivity contribution < 1.29 is 31.6 Å². The van der Waals surface area contributed by atoms with Crippen molar-refractivity contribution in [3.63, 3.8) is 0 Å². The van der Waals surface area contributed by atoms with Crippen LogP contribution in [-0.2, 0) is 31.2 Å². The SMILES string of the molecule is COc1ccc(CO[C@]2(c3ccc(Cl)cc3F)CC[C@](O)(COS(=O)(=O)c3ccc(C)cc3)CC2)cc1. The number of aliphatic hydroxyl groups is 1. The molecule has 3 aromatic rings. The summed E-state index contributed by atoms with van der Waals surface area (Å²) >= 11 is 5.99. The smallest absolute Gasteiger partial charge is 0.297 e. The normalized spacial score (nSPS) is 22.1. The van der Waals surface area contributed by atoms with Gasteiger partial charge in [0.05, 0.1) is 36.4 Å². The summed E-state index contributed by atoms with van der Waals surface area (Å²) in [5.74, 6) is 0.219. The van der Waals surface area contributed by atoms with E-state index in [1.54, 1.807) is 31.4 Å². The number of methoxy groups -OCH3 is 1. The lowest BCUT2D eigenvalue weighted by Gasteiger charge is -2.44. The van der Waals surface area contributed by atoms with Gasteiger partial charge < -0.3 is 14.6 Å². The predicted molar refractivity (Wildman–Crippen MR) is 139 cm³/mol. The zero-order valence-corrected chi connectivity index (χ0v) is 22.3. The first-order valence-electron chi connectivity index (χ1n) is 12.0. The fourth-order valence-corrected chi connectivity index (χ4v) is 5.66. The Labute approximate surface area is 222 Å². The second kappa shape index (κ2) is 11.1. The Balaban J connectivity index is 1.50. The summed E-state index contributed by atoms with van der Waals surface area (Å²) in [5, 5.41) is 11.5. The van der Waals surface area contributed by atoms with Crippen LogP contribution in [0.1, 0.15) is 42.4 Å². The topological polar surface area (TPSA) is 82.1 Å². The molecule has 1 aliphatic rings. The molecule has 0 unspecified atom stereocenters. The molecule has 0 aromatic heterocycles. The summed E-state index contributed by atoms with van der Waals surface area (Å²) in [6, 6.07) is 18.1. The molecular formula is C28H30ClFO6S. The fraction of sp³-hybridized carbons (Fsp3) is 0.357. The highest BCUT2D eigenvalue weighted by atomic mass is 35.5. The van der Waals surface area contributed by atoms with Gasteiger partial charge in [0, 0.05) is 10.6 Å². The minimum absolute atomic E-state index is 0.0258. The second-order valence-electron chi connectivity index (χ2n) is 9.51. The average molecular weight is 549 g/mol. The van der Waals surface area contributed by atoms with Gasteiger partial charge in [-0.1, -0.05) is 47.5 Å². The van der Waals surface area contributed by atoms with E-state index in [1.165, 1.54) is 18.2 Å². The molecule has 198 valence electrons. The van der Waals surface area contributed by atoms with Gasteiger partial charge in [0.1, 0.15) is 11.6 Å². The lowest BCUT2D eigenvalue weighted by molar-refractivity contribution is -0.139. The highest BCUT2D eigenvalue weighted by Gasteiger charge is 2.45. The van der Waals surface area contributed by atoms with Crippen LogP contribution in [0.2, 0.25) is 5.02 Å². The van der Waals surface area contributed by atoms with E-state index in [2.05, 4.69) is 0 Å². The summed E-state index contributed by atoms with van der Waals surface area (Å²) < 4.78 is 57.1. The molecule has 1 N–H and O–H groups in total. The van der Waals surface area contributed by atoms with Crippen LogP contribution in [-0.4, -0.2) is 32.8 Å². The predicted octanol–water partition coefficient (Wildman–Crippen LogP) is 5.92. The van der Waals surface area contributed by atoms with Gasteiger partial charge in [-0.3, -0.25) is 4.18 Å². The van der Waals surface area contributed by atoms with E-state index in [4.69, 9.17) is 25.3 Å². The van der Waals surface area contributed by atoms with Gasteiger partial charge in [0.2, 0.25) is 0 Å². The van der Waals surface area contributed by atoms with Crippen LogP contribution in [0.4, 0.5) is 4.39 Å². The van der Waals surface area contributed by atoms with Crippen molar-refractivity contribution in [2.45, 2.75) is 55.3 Å². The van der Waals surface area contributed by atoms with Crippen LogP contribution in [0.3, 0.4) is 0 Å². The quantitative estimate of drug-likeness (QED) is 0.334. The first kappa shape index (κ1) is 27.5. The molecule has 0 heterocycles. The number of halogens is 2. The van der Waals surface area contributed by atoms with Gasteiger partial charge in [-0.15, -0.1) is 0 Å². The van der Waals surface area contributed by atoms with Crippen molar-refractivity contribution in [3.8, 4) is 5.75 Å². The highest BCUT2D eigenvalue weighted by molar-refractivity contribution is 7.86. The van der Waals surface area contributed by atoms with Crippen LogP contribution < -0.4 is 4.74 Å². The number of hydrogen-bond donors (Lipinski definition) is 1. The largest absolute Gasteiger partial charge is 0.497 e. The molecule has 9 heteroatoms. The lowest BCUT2D eigenvalue weighted by Crippen LogP contribution is -2.46. The van der Waals surface area contributed by atoms with Crippen molar-refractivity contribution in [2.24, 2.45) is 0 Å². The van der Waals surface area contributed by atoms with E-state index in [0.717, 1.165) is 11.1 Å². The van der Waals surface area contributed by atoms with Gasteiger partial charge >= 0.3 is 0 Å². The van der Waals surface area contributed by atoms with Crippen LogP contribution >= 0.6 is 11.6 Å². The van der Waals surface area contributed by atoms with Crippen molar-refractivity contribution in [1.82, 2.24) is 0 Å². The number of ether oxygens (including phenoxy) is 2. The number of hydrogen-bond acceptors (Lipinski definition) is 6. The Morgan fingerprint density at radius 1 is 0.973 bits per heavy atom. The molecule has 0 spiro atoms. The third kappa shape index (κ3) is 6.51. The average Bonchev–Trinajstić information content (AvgIpc) is 2.88. The molecule has 3 aromatic carbocycles. The zero-order valence-electron chi connectivity index (χ0n) is 20.7. The van der Waals surface area contributed by atoms with E-state index in [0.29, 0.717) is 11.3 Å². The molecule has 4 rings (SSSR count). The molecule has 0 amide bonds. The van der Waals surface area contributed by atoms with E-state index >= 15 is 4.39 Å². The van der Waals surface area contributed by atoms with Crippen molar-refractivity contribution in [3.05, 3.63) is 94.3 Å². The Morgan fingerprint density at radius 2 is 1.62 bits per heavy atom. The van der Waals surface area contributed by atoms with Crippen LogP contribution in [0.25, 0.3) is 0 Å². The van der Waals surface area contributed by atoms with Crippen LogP contribution in [0, 0.1) is 12.7 Å². The van der Waals surface area contributed by atoms with Crippen molar-refractivity contribution in [2.75, 3.05) is 13.7 Å². The summed E-state index contributed by atoms with van der Waals surface area (Å²) in [6.45, 7) is 1.66. The maximum atomic E-state index is 15.1. The summed E-state index contributed by atoms with van der Waals surface area (Å²) in [6.07, 6.45) is 0.820. The van der Waals surface area contributed by atoms with Crippen molar-refractivity contribution in [1.29, 1.82) is 0 Å². The second-order valence-corrected chi connectivity index (χ2v) is 11.6. The number of aryl methyl sites for hydroxylation is 1. The number of benzene rings is 3. The standard InChI is InChI=1S/C28H30ClFO6S/c1-20-3-10-24(11-4-20)37(32,33)36-19-27(31)13-15-28(16-14-27,25-12-7-22(29)17-26(25)30)35-18-21-5-8-23(34-2)9-6-21/h3-12,17,31H,13-16,18-19H2,1-2H3/t27-,28-. The zero-order chi connectivity index (χ0) is 26.7. The Morgan fingerprint density at radius 3 is 2.22 bits per heavy atom. The van der Waals surface area contributed by atoms with Gasteiger partial charge in [-0.05, 0) is 74.6 Å². The summed E-state index contributed by atoms with van der Waals surface area (Å²) in [4.78, 5) is 0.0258. The van der Waals surface area contributed by atoms with E-state index in [9.17, 15) is 13.5 Å². The van der Waals surface area contributed by atoms with Gasteiger partial charge in [-0.2, -0.15) is 8.42 Å². The fourth-order valence-electron chi connectivity index (χ4n) is 4.52. The lowest BCUT2D eigenvalue weighted by atomic mass is 9.73. The van der Waals surface area contributed by atoms with Crippen molar-refractivity contribution >= 4 is 21.7 Å². The molecule has 1 saturated carbocycles. The minimum atomic E-state index is -4.04. The molecule has 0 bridgehead atoms. The Kier molecular flexibility index (Phi) is 8.26. The maximum absolute atomic E-state index is 15.1. The first-order valence-corrected chi connectivity index (χ1v) is 13.7. The third-order valence-electron chi connectivity index (χ3n) is 6.88. The minimum Gasteiger partial charge on any atom is -0.497 e. The number of rotatable bonds is 9. The summed E-state index contributed by atoms with van der Waals surface area (Å²) in [7, 11) is -2.45. The van der Waals surface area contributed by atoms with E-state index < -0.39 is 33.7 Å². The molecule has 1 aliphatic carbocycles. The molecule has 0 radical (unpaired) electrons. The Bertz CT molecular complexity index is 1320. The monoisotopic (exact) mass is 548 g/mol. The van der Waals surface area contributed by atoms with E-state index in [1.807, 2.05) is 31.2 Å². The molecule has 0 atom stereocenters. The maximum Gasteiger partial charge on any atom is 0.297 e. The summed E-state index contributed by atoms with van der Waals surface area (Å²) in [5.41, 5.74) is -0.293. The Hall–Kier alpha value is -2.49. The van der Waals surface area contributed by atoms with Gasteiger partial charge in [0.25, 0.3) is 10.1 Å². The van der Waals surface area contributed by atoms with Crippen LogP contribution in [0.15, 0.2) is 71.6 Å². The molecule has 0 aliphatic heterocycles. The molecule has 0 saturated heterocycles. The van der Waals surface area contributed by atoms with E-state index in [-0.39, 0.29) is 42.2 Å². The van der Waals surface area contributed by atoms with Crippen LogP contribution in [0.5, 0.6) is 5.75 Å².